The quantitative estimate of drug-likeness (QED) is 0.875. The molecule has 2 heterocycles. The Bertz CT molecular complexity index is 574. The van der Waals surface area contributed by atoms with Gasteiger partial charge in [0.25, 0.3) is 5.91 Å². The number of nitrogens with one attached hydrogen (secondary N) is 1. The molecule has 1 aliphatic rings. The van der Waals surface area contributed by atoms with Gasteiger partial charge >= 0.3 is 0 Å². The second-order valence-corrected chi connectivity index (χ2v) is 4.87. The number of nitrogens with two attached hydrogens (primary N) is 1. The Morgan fingerprint density at radius 2 is 2.37 bits per heavy atom. The van der Waals surface area contributed by atoms with Crippen LogP contribution in [0.3, 0.4) is 0 Å². The molecule has 0 saturated heterocycles. The maximum absolute atomic E-state index is 12.5. The van der Waals surface area contributed by atoms with E-state index >= 15 is 0 Å². The van der Waals surface area contributed by atoms with Crippen molar-refractivity contribution in [1.82, 2.24) is 14.9 Å². The fourth-order valence-corrected chi connectivity index (χ4v) is 2.13. The van der Waals surface area contributed by atoms with Gasteiger partial charge in [-0.1, -0.05) is 6.07 Å². The minimum atomic E-state index is 0.00283. The van der Waals surface area contributed by atoms with Gasteiger partial charge in [0.15, 0.2) is 0 Å². The molecular weight excluding hydrogens is 240 g/mol. The summed E-state index contributed by atoms with van der Waals surface area (Å²) in [5.41, 5.74) is 7.83. The van der Waals surface area contributed by atoms with E-state index in [0.717, 1.165) is 18.4 Å². The van der Waals surface area contributed by atoms with Crippen molar-refractivity contribution in [3.8, 4) is 0 Å². The second kappa shape index (κ2) is 4.76. The van der Waals surface area contributed by atoms with Gasteiger partial charge in [0.05, 0.1) is 0 Å². The molecular formula is C14H16N4O. The van der Waals surface area contributed by atoms with Crippen LogP contribution in [0.2, 0.25) is 0 Å². The highest BCUT2D eigenvalue weighted by molar-refractivity contribution is 5.93. The number of aromatic nitrogens is 2. The third kappa shape index (κ3) is 2.59. The number of pyridine rings is 1. The molecule has 0 radical (unpaired) electrons. The highest BCUT2D eigenvalue weighted by Gasteiger charge is 2.33. The Morgan fingerprint density at radius 1 is 1.53 bits per heavy atom. The molecule has 0 spiro atoms. The molecule has 1 amide bonds. The topological polar surface area (TPSA) is 75.0 Å². The number of anilines is 1. The molecule has 19 heavy (non-hydrogen) atoms. The summed E-state index contributed by atoms with van der Waals surface area (Å²) in [5.74, 6) is 0.00283. The Hall–Kier alpha value is -2.30. The molecule has 2 aromatic rings. The van der Waals surface area contributed by atoms with Crippen molar-refractivity contribution in [3.63, 3.8) is 0 Å². The van der Waals surface area contributed by atoms with Gasteiger partial charge in [0.2, 0.25) is 0 Å². The summed E-state index contributed by atoms with van der Waals surface area (Å²) in [4.78, 5) is 21.4. The first kappa shape index (κ1) is 11.8. The summed E-state index contributed by atoms with van der Waals surface area (Å²) < 4.78 is 0. The summed E-state index contributed by atoms with van der Waals surface area (Å²) in [5, 5.41) is 0. The van der Waals surface area contributed by atoms with E-state index < -0.39 is 0 Å². The minimum absolute atomic E-state index is 0.00283. The van der Waals surface area contributed by atoms with Gasteiger partial charge < -0.3 is 15.6 Å². The minimum Gasteiger partial charge on any atom is -0.397 e. The Balaban J connectivity index is 1.79. The molecule has 2 aromatic heterocycles. The van der Waals surface area contributed by atoms with E-state index in [1.165, 1.54) is 0 Å². The van der Waals surface area contributed by atoms with Crippen LogP contribution in [-0.4, -0.2) is 26.8 Å². The highest BCUT2D eigenvalue weighted by atomic mass is 16.2. The molecule has 0 unspecified atom stereocenters. The first-order chi connectivity index (χ1) is 9.24. The first-order valence-electron chi connectivity index (χ1n) is 6.38. The van der Waals surface area contributed by atoms with Crippen LogP contribution in [0, 0.1) is 0 Å². The SMILES string of the molecule is Nc1c[nH]c(C(=O)N(Cc2cccnc2)C2CC2)c1. The lowest BCUT2D eigenvalue weighted by Gasteiger charge is -2.21. The fourth-order valence-electron chi connectivity index (χ4n) is 2.13. The van der Waals surface area contributed by atoms with Crippen LogP contribution in [-0.2, 0) is 6.54 Å². The van der Waals surface area contributed by atoms with Gasteiger partial charge in [-0.2, -0.15) is 0 Å². The molecule has 0 aromatic carbocycles. The van der Waals surface area contributed by atoms with Crippen LogP contribution in [0.4, 0.5) is 5.69 Å². The predicted molar refractivity (Wildman–Crippen MR) is 72.3 cm³/mol. The largest absolute Gasteiger partial charge is 0.397 e. The van der Waals surface area contributed by atoms with Crippen LogP contribution in [0.5, 0.6) is 0 Å². The third-order valence-corrected chi connectivity index (χ3v) is 3.26. The van der Waals surface area contributed by atoms with E-state index in [0.29, 0.717) is 24.0 Å². The van der Waals surface area contributed by atoms with Gasteiger partial charge in [-0.05, 0) is 30.5 Å². The first-order valence-corrected chi connectivity index (χ1v) is 6.38. The fraction of sp³-hybridized carbons (Fsp3) is 0.286. The molecule has 0 atom stereocenters. The number of H-pyrrole nitrogens is 1. The van der Waals surface area contributed by atoms with E-state index in [4.69, 9.17) is 5.73 Å². The number of carbonyl (C=O) groups excluding carboxylic acids is 1. The van der Waals surface area contributed by atoms with Gasteiger partial charge in [0, 0.05) is 36.9 Å². The molecule has 0 aliphatic heterocycles. The van der Waals surface area contributed by atoms with E-state index in [9.17, 15) is 4.79 Å². The van der Waals surface area contributed by atoms with Crippen LogP contribution in [0.25, 0.3) is 0 Å². The van der Waals surface area contributed by atoms with E-state index in [1.807, 2.05) is 17.0 Å². The summed E-state index contributed by atoms with van der Waals surface area (Å²) in [6, 6.07) is 5.90. The van der Waals surface area contributed by atoms with Gasteiger partial charge in [0.1, 0.15) is 5.69 Å². The number of hydrogen-bond acceptors (Lipinski definition) is 3. The highest BCUT2D eigenvalue weighted by Crippen LogP contribution is 2.29. The monoisotopic (exact) mass is 256 g/mol. The zero-order valence-electron chi connectivity index (χ0n) is 10.5. The predicted octanol–water partition coefficient (Wildman–Crippen LogP) is 1.80. The van der Waals surface area contributed by atoms with Gasteiger partial charge in [-0.3, -0.25) is 9.78 Å². The van der Waals surface area contributed by atoms with Gasteiger partial charge in [-0.15, -0.1) is 0 Å². The number of hydrogen-bond donors (Lipinski definition) is 2. The third-order valence-electron chi connectivity index (χ3n) is 3.26. The number of nitrogen functional groups attached to an aromatic ring is 1. The Kier molecular flexibility index (Phi) is 2.95. The normalized spacial score (nSPS) is 14.3. The summed E-state index contributed by atoms with van der Waals surface area (Å²) >= 11 is 0. The smallest absolute Gasteiger partial charge is 0.270 e. The lowest BCUT2D eigenvalue weighted by molar-refractivity contribution is 0.0724. The maximum atomic E-state index is 12.5. The van der Waals surface area contributed by atoms with Crippen LogP contribution >= 0.6 is 0 Å². The number of carbonyl (C=O) groups is 1. The molecule has 1 aliphatic carbocycles. The molecule has 3 N–H and O–H groups in total. The lowest BCUT2D eigenvalue weighted by atomic mass is 10.2. The van der Waals surface area contributed by atoms with Crippen molar-refractivity contribution < 1.29 is 4.79 Å². The second-order valence-electron chi connectivity index (χ2n) is 4.87. The summed E-state index contributed by atoms with van der Waals surface area (Å²) in [6.07, 6.45) is 7.32. The summed E-state index contributed by atoms with van der Waals surface area (Å²) in [6.45, 7) is 0.594. The Morgan fingerprint density at radius 3 is 2.95 bits per heavy atom. The number of rotatable bonds is 4. The maximum Gasteiger partial charge on any atom is 0.270 e. The zero-order chi connectivity index (χ0) is 13.2. The molecule has 1 saturated carbocycles. The number of nitrogens with zero attached hydrogens (tertiary/aromatic N) is 2. The van der Waals surface area contributed by atoms with E-state index in [2.05, 4.69) is 9.97 Å². The molecule has 3 rings (SSSR count). The van der Waals surface area contributed by atoms with E-state index in [1.54, 1.807) is 24.7 Å². The van der Waals surface area contributed by atoms with Crippen molar-refractivity contribution in [2.45, 2.75) is 25.4 Å². The zero-order valence-corrected chi connectivity index (χ0v) is 10.5. The van der Waals surface area contributed by atoms with Crippen molar-refractivity contribution in [2.75, 3.05) is 5.73 Å². The van der Waals surface area contributed by atoms with Crippen molar-refractivity contribution in [1.29, 1.82) is 0 Å². The molecule has 5 heteroatoms. The van der Waals surface area contributed by atoms with Crippen LogP contribution in [0.15, 0.2) is 36.8 Å². The van der Waals surface area contributed by atoms with E-state index in [-0.39, 0.29) is 5.91 Å². The summed E-state index contributed by atoms with van der Waals surface area (Å²) in [7, 11) is 0. The average Bonchev–Trinajstić information content (AvgIpc) is 3.18. The van der Waals surface area contributed by atoms with Crippen molar-refractivity contribution >= 4 is 11.6 Å². The lowest BCUT2D eigenvalue weighted by Crippen LogP contribution is -2.32. The Labute approximate surface area is 111 Å². The number of amides is 1. The average molecular weight is 256 g/mol. The molecule has 5 nitrogen and oxygen atoms in total. The molecule has 0 bridgehead atoms. The van der Waals surface area contributed by atoms with Crippen LogP contribution in [0.1, 0.15) is 28.9 Å². The van der Waals surface area contributed by atoms with Crippen molar-refractivity contribution in [3.05, 3.63) is 48.0 Å². The van der Waals surface area contributed by atoms with Crippen LogP contribution < -0.4 is 5.73 Å². The molecule has 98 valence electrons. The molecule has 1 fully saturated rings. The van der Waals surface area contributed by atoms with Crippen molar-refractivity contribution in [2.24, 2.45) is 0 Å². The standard InChI is InChI=1S/C14H16N4O/c15-11-6-13(17-8-11)14(19)18(12-3-4-12)9-10-2-1-5-16-7-10/h1-2,5-8,12,17H,3-4,9,15H2. The van der Waals surface area contributed by atoms with Gasteiger partial charge in [-0.25, -0.2) is 0 Å². The number of aromatic amines is 1.